The van der Waals surface area contributed by atoms with E-state index < -0.39 is 24.3 Å². The van der Waals surface area contributed by atoms with Gasteiger partial charge in [0.2, 0.25) is 0 Å². The maximum atomic E-state index is 13.4. The first-order valence-corrected chi connectivity index (χ1v) is 8.87. The molecule has 0 aliphatic rings. The number of fused-ring (bicyclic) bond motifs is 1. The summed E-state index contributed by atoms with van der Waals surface area (Å²) in [6.45, 7) is 0. The number of halogens is 2. The standard InChI is InChI=1S/C21H18F2N2O4/c1-29-19(26)14-9-10-15-17(12-14)24-16(8-5-11-21(22,23)20(27)28)18(25-15)13-6-3-2-4-7-13/h2-4,6-7,9-10,12H,5,8,11H2,1H3,(H,27,28). The van der Waals surface area contributed by atoms with Crippen LogP contribution in [0.5, 0.6) is 0 Å². The molecular formula is C21H18F2N2O4. The number of alkyl halides is 2. The van der Waals surface area contributed by atoms with Crippen LogP contribution in [0.2, 0.25) is 0 Å². The molecule has 0 amide bonds. The number of benzene rings is 2. The zero-order chi connectivity index (χ0) is 21.0. The molecule has 2 aromatic carbocycles. The van der Waals surface area contributed by atoms with Gasteiger partial charge in [-0.3, -0.25) is 0 Å². The summed E-state index contributed by atoms with van der Waals surface area (Å²) in [5.74, 6) is -6.47. The summed E-state index contributed by atoms with van der Waals surface area (Å²) in [5.41, 5.74) is 3.00. The van der Waals surface area contributed by atoms with Crippen LogP contribution < -0.4 is 0 Å². The minimum absolute atomic E-state index is 0.0873. The van der Waals surface area contributed by atoms with E-state index in [1.54, 1.807) is 12.1 Å². The maximum absolute atomic E-state index is 13.4. The van der Waals surface area contributed by atoms with Crippen LogP contribution in [0.15, 0.2) is 48.5 Å². The molecule has 150 valence electrons. The molecule has 29 heavy (non-hydrogen) atoms. The van der Waals surface area contributed by atoms with Crippen molar-refractivity contribution in [3.63, 3.8) is 0 Å². The lowest BCUT2D eigenvalue weighted by molar-refractivity contribution is -0.165. The molecule has 1 aromatic heterocycles. The molecule has 0 atom stereocenters. The van der Waals surface area contributed by atoms with E-state index in [1.165, 1.54) is 13.2 Å². The molecule has 0 saturated carbocycles. The molecular weight excluding hydrogens is 382 g/mol. The van der Waals surface area contributed by atoms with Gasteiger partial charge in [0.05, 0.1) is 35.1 Å². The number of hydrogen-bond donors (Lipinski definition) is 1. The van der Waals surface area contributed by atoms with Crippen LogP contribution in [0.4, 0.5) is 8.78 Å². The maximum Gasteiger partial charge on any atom is 0.374 e. The molecule has 0 bridgehead atoms. The molecule has 0 spiro atoms. The summed E-state index contributed by atoms with van der Waals surface area (Å²) < 4.78 is 31.5. The molecule has 8 heteroatoms. The third-order valence-corrected chi connectivity index (χ3v) is 4.42. The van der Waals surface area contributed by atoms with Crippen LogP contribution in [0.3, 0.4) is 0 Å². The molecule has 0 aliphatic carbocycles. The van der Waals surface area contributed by atoms with Crippen LogP contribution in [-0.2, 0) is 16.0 Å². The van der Waals surface area contributed by atoms with Gasteiger partial charge in [-0.15, -0.1) is 0 Å². The Balaban J connectivity index is 2.01. The average molecular weight is 400 g/mol. The molecule has 0 aliphatic heterocycles. The first kappa shape index (κ1) is 20.3. The Morgan fingerprint density at radius 3 is 2.45 bits per heavy atom. The SMILES string of the molecule is COC(=O)c1ccc2nc(-c3ccccc3)c(CCCC(F)(F)C(=O)O)nc2c1. The van der Waals surface area contributed by atoms with E-state index in [9.17, 15) is 18.4 Å². The lowest BCUT2D eigenvalue weighted by Gasteiger charge is -2.13. The summed E-state index contributed by atoms with van der Waals surface area (Å²) in [4.78, 5) is 31.5. The normalized spacial score (nSPS) is 11.4. The number of aromatic nitrogens is 2. The van der Waals surface area contributed by atoms with Crippen molar-refractivity contribution in [3.05, 3.63) is 59.8 Å². The van der Waals surface area contributed by atoms with Gasteiger partial charge in [0.15, 0.2) is 0 Å². The van der Waals surface area contributed by atoms with Gasteiger partial charge in [-0.1, -0.05) is 30.3 Å². The lowest BCUT2D eigenvalue weighted by atomic mass is 10.0. The lowest BCUT2D eigenvalue weighted by Crippen LogP contribution is -2.28. The Morgan fingerprint density at radius 1 is 1.07 bits per heavy atom. The van der Waals surface area contributed by atoms with Crippen LogP contribution in [0, 0.1) is 0 Å². The molecule has 3 rings (SSSR count). The highest BCUT2D eigenvalue weighted by molar-refractivity contribution is 5.93. The van der Waals surface area contributed by atoms with E-state index in [1.807, 2.05) is 30.3 Å². The molecule has 0 radical (unpaired) electrons. The number of ether oxygens (including phenoxy) is 1. The minimum Gasteiger partial charge on any atom is -0.477 e. The number of methoxy groups -OCH3 is 1. The first-order chi connectivity index (χ1) is 13.8. The number of rotatable bonds is 7. The molecule has 6 nitrogen and oxygen atoms in total. The summed E-state index contributed by atoms with van der Waals surface area (Å²) in [6.07, 6.45) is -0.785. The van der Waals surface area contributed by atoms with E-state index in [-0.39, 0.29) is 12.8 Å². The fourth-order valence-corrected chi connectivity index (χ4v) is 2.92. The zero-order valence-electron chi connectivity index (χ0n) is 15.6. The number of aryl methyl sites for hydroxylation is 1. The monoisotopic (exact) mass is 400 g/mol. The van der Waals surface area contributed by atoms with E-state index >= 15 is 0 Å². The van der Waals surface area contributed by atoms with Crippen molar-refractivity contribution in [2.24, 2.45) is 0 Å². The van der Waals surface area contributed by atoms with Crippen molar-refractivity contribution in [1.82, 2.24) is 9.97 Å². The largest absolute Gasteiger partial charge is 0.477 e. The molecule has 0 saturated heterocycles. The molecule has 1 heterocycles. The summed E-state index contributed by atoms with van der Waals surface area (Å²) in [5, 5.41) is 8.60. The van der Waals surface area contributed by atoms with Crippen molar-refractivity contribution in [3.8, 4) is 11.3 Å². The number of carbonyl (C=O) groups is 2. The predicted molar refractivity (Wildman–Crippen MR) is 102 cm³/mol. The van der Waals surface area contributed by atoms with E-state index in [0.717, 1.165) is 5.56 Å². The predicted octanol–water partition coefficient (Wildman–Crippen LogP) is 4.13. The van der Waals surface area contributed by atoms with Crippen molar-refractivity contribution >= 4 is 23.0 Å². The summed E-state index contributed by atoms with van der Waals surface area (Å²) in [7, 11) is 1.27. The van der Waals surface area contributed by atoms with Gasteiger partial charge < -0.3 is 9.84 Å². The van der Waals surface area contributed by atoms with Crippen LogP contribution >= 0.6 is 0 Å². The number of carboxylic acid groups (broad SMARTS) is 1. The van der Waals surface area contributed by atoms with Crippen molar-refractivity contribution in [1.29, 1.82) is 0 Å². The first-order valence-electron chi connectivity index (χ1n) is 8.87. The number of hydrogen-bond acceptors (Lipinski definition) is 5. The number of carbonyl (C=O) groups excluding carboxylic acids is 1. The zero-order valence-corrected chi connectivity index (χ0v) is 15.6. The van der Waals surface area contributed by atoms with Gasteiger partial charge >= 0.3 is 17.9 Å². The second-order valence-corrected chi connectivity index (χ2v) is 6.44. The summed E-state index contributed by atoms with van der Waals surface area (Å²) in [6, 6.07) is 13.9. The second-order valence-electron chi connectivity index (χ2n) is 6.44. The highest BCUT2D eigenvalue weighted by Gasteiger charge is 2.37. The Bertz CT molecular complexity index is 1060. The van der Waals surface area contributed by atoms with Gasteiger partial charge in [0.1, 0.15) is 0 Å². The van der Waals surface area contributed by atoms with Crippen LogP contribution in [0.25, 0.3) is 22.3 Å². The Morgan fingerprint density at radius 2 is 1.79 bits per heavy atom. The van der Waals surface area contributed by atoms with Gasteiger partial charge in [-0.2, -0.15) is 8.78 Å². The van der Waals surface area contributed by atoms with E-state index in [0.29, 0.717) is 28.0 Å². The molecule has 3 aromatic rings. The second kappa shape index (κ2) is 8.30. The number of carboxylic acids is 1. The Kier molecular flexibility index (Phi) is 5.81. The van der Waals surface area contributed by atoms with Gasteiger partial charge in [0.25, 0.3) is 0 Å². The number of aliphatic carboxylic acids is 1. The highest BCUT2D eigenvalue weighted by Crippen LogP contribution is 2.27. The van der Waals surface area contributed by atoms with Crippen molar-refractivity contribution in [2.75, 3.05) is 7.11 Å². The quantitative estimate of drug-likeness (QED) is 0.600. The number of nitrogens with zero attached hydrogens (tertiary/aromatic N) is 2. The topological polar surface area (TPSA) is 89.4 Å². The third-order valence-electron chi connectivity index (χ3n) is 4.42. The van der Waals surface area contributed by atoms with Gasteiger partial charge in [-0.05, 0) is 31.0 Å². The van der Waals surface area contributed by atoms with E-state index in [4.69, 9.17) is 9.84 Å². The van der Waals surface area contributed by atoms with Crippen molar-refractivity contribution in [2.45, 2.75) is 25.2 Å². The smallest absolute Gasteiger partial charge is 0.374 e. The Labute approximate surface area is 165 Å². The van der Waals surface area contributed by atoms with Crippen LogP contribution in [-0.4, -0.2) is 40.0 Å². The van der Waals surface area contributed by atoms with Crippen LogP contribution in [0.1, 0.15) is 28.9 Å². The number of esters is 1. The van der Waals surface area contributed by atoms with Gasteiger partial charge in [-0.25, -0.2) is 19.6 Å². The van der Waals surface area contributed by atoms with E-state index in [2.05, 4.69) is 9.97 Å². The average Bonchev–Trinajstić information content (AvgIpc) is 2.72. The fourth-order valence-electron chi connectivity index (χ4n) is 2.92. The highest BCUT2D eigenvalue weighted by atomic mass is 19.3. The Hall–Kier alpha value is -3.42. The summed E-state index contributed by atoms with van der Waals surface area (Å²) >= 11 is 0. The molecule has 0 fully saturated rings. The van der Waals surface area contributed by atoms with Crippen molar-refractivity contribution < 1.29 is 28.2 Å². The molecule has 1 N–H and O–H groups in total. The van der Waals surface area contributed by atoms with Gasteiger partial charge in [0, 0.05) is 12.0 Å². The molecule has 0 unspecified atom stereocenters. The fraction of sp³-hybridized carbons (Fsp3) is 0.238. The minimum atomic E-state index is -3.80. The third kappa shape index (κ3) is 4.53.